The molecule has 2 atom stereocenters. The summed E-state index contributed by atoms with van der Waals surface area (Å²) in [6.45, 7) is 3.04. The number of hydrogen-bond donors (Lipinski definition) is 3. The van der Waals surface area contributed by atoms with Crippen molar-refractivity contribution in [2.75, 3.05) is 11.9 Å². The molecule has 0 unspecified atom stereocenters. The Balaban J connectivity index is 1.64. The number of unbranched alkanes of at least 4 members (excludes halogenated alkanes) is 7. The molecule has 0 saturated carbocycles. The number of rotatable bonds is 11. The molecule has 1 saturated heterocycles. The maximum absolute atomic E-state index is 12.3. The Labute approximate surface area is 158 Å². The van der Waals surface area contributed by atoms with Crippen LogP contribution in [-0.2, 0) is 11.2 Å². The lowest BCUT2D eigenvalue weighted by Crippen LogP contribution is -2.52. The van der Waals surface area contributed by atoms with Crippen molar-refractivity contribution < 1.29 is 9.90 Å². The van der Waals surface area contributed by atoms with Crippen molar-refractivity contribution in [1.29, 1.82) is 0 Å². The minimum Gasteiger partial charge on any atom is -0.391 e. The van der Waals surface area contributed by atoms with Crippen molar-refractivity contribution >= 4 is 11.6 Å². The van der Waals surface area contributed by atoms with Crippen LogP contribution in [0.15, 0.2) is 24.3 Å². The maximum atomic E-state index is 12.3. The van der Waals surface area contributed by atoms with Crippen LogP contribution in [0.3, 0.4) is 0 Å². The number of aryl methyl sites for hydroxylation is 1. The van der Waals surface area contributed by atoms with Gasteiger partial charge in [-0.1, -0.05) is 64.0 Å². The fourth-order valence-corrected chi connectivity index (χ4v) is 3.58. The number of amides is 1. The molecule has 0 spiro atoms. The molecule has 4 heteroatoms. The van der Waals surface area contributed by atoms with Gasteiger partial charge in [-0.25, -0.2) is 0 Å². The molecule has 4 nitrogen and oxygen atoms in total. The third-order valence-corrected chi connectivity index (χ3v) is 5.25. The molecule has 3 N–H and O–H groups in total. The molecule has 1 aliphatic heterocycles. The average Bonchev–Trinajstić information content (AvgIpc) is 2.65. The molecule has 0 aromatic heterocycles. The second-order valence-electron chi connectivity index (χ2n) is 7.55. The lowest BCUT2D eigenvalue weighted by molar-refractivity contribution is -0.121. The van der Waals surface area contributed by atoms with E-state index in [-0.39, 0.29) is 5.91 Å². The van der Waals surface area contributed by atoms with E-state index in [1.807, 2.05) is 12.1 Å². The largest absolute Gasteiger partial charge is 0.391 e. The number of hydrogen-bond acceptors (Lipinski definition) is 3. The highest BCUT2D eigenvalue weighted by molar-refractivity contribution is 5.95. The van der Waals surface area contributed by atoms with Gasteiger partial charge in [0, 0.05) is 5.69 Å². The van der Waals surface area contributed by atoms with E-state index < -0.39 is 12.1 Å². The van der Waals surface area contributed by atoms with Crippen LogP contribution in [0, 0.1) is 0 Å². The summed E-state index contributed by atoms with van der Waals surface area (Å²) in [6, 6.07) is 7.63. The highest BCUT2D eigenvalue weighted by Crippen LogP contribution is 2.16. The standard InChI is InChI=1S/C22H36N2O2/c1-2-3-4-5-6-7-8-9-11-18-13-15-19(16-14-18)24-22(26)21-20(25)12-10-17-23-21/h13-16,20-21,23,25H,2-12,17H2,1H3,(H,24,26)/t20-,21+/m0/s1. The monoisotopic (exact) mass is 360 g/mol. The van der Waals surface area contributed by atoms with Crippen molar-refractivity contribution in [3.05, 3.63) is 29.8 Å². The maximum Gasteiger partial charge on any atom is 0.244 e. The Morgan fingerprint density at radius 2 is 1.73 bits per heavy atom. The van der Waals surface area contributed by atoms with E-state index in [9.17, 15) is 9.90 Å². The summed E-state index contributed by atoms with van der Waals surface area (Å²) < 4.78 is 0. The predicted octanol–water partition coefficient (Wildman–Crippen LogP) is 4.42. The number of nitrogens with one attached hydrogen (secondary N) is 2. The van der Waals surface area contributed by atoms with Crippen LogP contribution in [0.5, 0.6) is 0 Å². The fraction of sp³-hybridized carbons (Fsp3) is 0.682. The second-order valence-corrected chi connectivity index (χ2v) is 7.55. The van der Waals surface area contributed by atoms with Crippen molar-refractivity contribution in [1.82, 2.24) is 5.32 Å². The minimum absolute atomic E-state index is 0.145. The minimum atomic E-state index is -0.593. The van der Waals surface area contributed by atoms with Gasteiger partial charge in [0.1, 0.15) is 6.04 Å². The SMILES string of the molecule is CCCCCCCCCCc1ccc(NC(=O)[C@@H]2NCCC[C@@H]2O)cc1. The molecule has 1 fully saturated rings. The Bertz CT molecular complexity index is 515. The number of aliphatic hydroxyl groups excluding tert-OH is 1. The van der Waals surface area contributed by atoms with Gasteiger partial charge in [0.25, 0.3) is 0 Å². The Morgan fingerprint density at radius 1 is 1.08 bits per heavy atom. The Kier molecular flexibility index (Phi) is 9.72. The third-order valence-electron chi connectivity index (χ3n) is 5.25. The molecule has 0 aliphatic carbocycles. The molecule has 146 valence electrons. The summed E-state index contributed by atoms with van der Waals surface area (Å²) in [5, 5.41) is 15.9. The first-order valence-corrected chi connectivity index (χ1v) is 10.5. The van der Waals surface area contributed by atoms with Crippen LogP contribution in [0.1, 0.15) is 76.7 Å². The fourth-order valence-electron chi connectivity index (χ4n) is 3.58. The summed E-state index contributed by atoms with van der Waals surface area (Å²) in [6.07, 6.45) is 12.8. The van der Waals surface area contributed by atoms with Gasteiger partial charge in [-0.05, 0) is 49.9 Å². The van der Waals surface area contributed by atoms with E-state index in [2.05, 4.69) is 29.7 Å². The summed E-state index contributed by atoms with van der Waals surface area (Å²) >= 11 is 0. The zero-order valence-corrected chi connectivity index (χ0v) is 16.3. The van der Waals surface area contributed by atoms with Gasteiger partial charge in [-0.3, -0.25) is 4.79 Å². The van der Waals surface area contributed by atoms with Crippen molar-refractivity contribution in [3.63, 3.8) is 0 Å². The number of aliphatic hydroxyl groups is 1. The number of piperidine rings is 1. The number of carbonyl (C=O) groups is 1. The molecule has 1 amide bonds. The summed E-state index contributed by atoms with van der Waals surface area (Å²) in [5.74, 6) is -0.145. The Morgan fingerprint density at radius 3 is 2.38 bits per heavy atom. The molecule has 0 bridgehead atoms. The van der Waals surface area contributed by atoms with Crippen LogP contribution in [-0.4, -0.2) is 29.7 Å². The van der Waals surface area contributed by atoms with Crippen LogP contribution in [0.2, 0.25) is 0 Å². The summed E-state index contributed by atoms with van der Waals surface area (Å²) in [4.78, 5) is 12.3. The van der Waals surface area contributed by atoms with E-state index in [4.69, 9.17) is 0 Å². The van der Waals surface area contributed by atoms with Crippen molar-refractivity contribution in [2.24, 2.45) is 0 Å². The van der Waals surface area contributed by atoms with E-state index in [0.29, 0.717) is 6.42 Å². The smallest absolute Gasteiger partial charge is 0.244 e. The zero-order chi connectivity index (χ0) is 18.6. The number of anilines is 1. The molecule has 1 heterocycles. The van der Waals surface area contributed by atoms with Crippen molar-refractivity contribution in [3.8, 4) is 0 Å². The van der Waals surface area contributed by atoms with E-state index in [1.165, 1.54) is 56.9 Å². The van der Waals surface area contributed by atoms with Crippen LogP contribution < -0.4 is 10.6 Å². The van der Waals surface area contributed by atoms with Gasteiger partial charge in [0.2, 0.25) is 5.91 Å². The molecule has 26 heavy (non-hydrogen) atoms. The lowest BCUT2D eigenvalue weighted by atomic mass is 10.0. The van der Waals surface area contributed by atoms with Gasteiger partial charge in [-0.2, -0.15) is 0 Å². The zero-order valence-electron chi connectivity index (χ0n) is 16.3. The van der Waals surface area contributed by atoms with Crippen LogP contribution in [0.4, 0.5) is 5.69 Å². The number of benzene rings is 1. The molecule has 2 rings (SSSR count). The molecular weight excluding hydrogens is 324 g/mol. The van der Waals surface area contributed by atoms with Gasteiger partial charge in [-0.15, -0.1) is 0 Å². The first kappa shape index (κ1) is 20.9. The van der Waals surface area contributed by atoms with Crippen LogP contribution >= 0.6 is 0 Å². The molecule has 1 aromatic carbocycles. The molecular formula is C22H36N2O2. The second kappa shape index (κ2) is 12.1. The molecule has 1 aliphatic rings. The highest BCUT2D eigenvalue weighted by atomic mass is 16.3. The van der Waals surface area contributed by atoms with Crippen molar-refractivity contribution in [2.45, 2.75) is 89.7 Å². The van der Waals surface area contributed by atoms with Gasteiger partial charge in [0.05, 0.1) is 6.10 Å². The number of carbonyl (C=O) groups excluding carboxylic acids is 1. The predicted molar refractivity (Wildman–Crippen MR) is 108 cm³/mol. The normalized spacial score (nSPS) is 20.1. The molecule has 0 radical (unpaired) electrons. The first-order chi connectivity index (χ1) is 12.7. The third kappa shape index (κ3) is 7.46. The van der Waals surface area contributed by atoms with E-state index >= 15 is 0 Å². The first-order valence-electron chi connectivity index (χ1n) is 10.5. The lowest BCUT2D eigenvalue weighted by Gasteiger charge is -2.27. The molecule has 1 aromatic rings. The average molecular weight is 361 g/mol. The summed E-state index contributed by atoms with van der Waals surface area (Å²) in [7, 11) is 0. The van der Waals surface area contributed by atoms with Gasteiger partial charge >= 0.3 is 0 Å². The van der Waals surface area contributed by atoms with E-state index in [1.54, 1.807) is 0 Å². The topological polar surface area (TPSA) is 61.4 Å². The summed E-state index contributed by atoms with van der Waals surface area (Å²) in [5.41, 5.74) is 2.12. The quantitative estimate of drug-likeness (QED) is 0.512. The highest BCUT2D eigenvalue weighted by Gasteiger charge is 2.28. The van der Waals surface area contributed by atoms with Gasteiger partial charge in [0.15, 0.2) is 0 Å². The van der Waals surface area contributed by atoms with E-state index in [0.717, 1.165) is 25.1 Å². The van der Waals surface area contributed by atoms with Gasteiger partial charge < -0.3 is 15.7 Å². The Hall–Kier alpha value is -1.39. The van der Waals surface area contributed by atoms with Crippen LogP contribution in [0.25, 0.3) is 0 Å².